The van der Waals surface area contributed by atoms with Crippen LogP contribution in [-0.2, 0) is 0 Å². The Kier molecular flexibility index (Phi) is 3.25. The van der Waals surface area contributed by atoms with E-state index in [0.717, 1.165) is 20.3 Å². The normalized spacial score (nSPS) is 11.0. The zero-order valence-electron chi connectivity index (χ0n) is 9.28. The molecule has 0 saturated carbocycles. The summed E-state index contributed by atoms with van der Waals surface area (Å²) in [6.07, 6.45) is 1.94. The third-order valence-electron chi connectivity index (χ3n) is 2.67. The molecule has 0 unspecified atom stereocenters. The zero-order valence-corrected chi connectivity index (χ0v) is 11.6. The molecule has 18 heavy (non-hydrogen) atoms. The van der Waals surface area contributed by atoms with Crippen molar-refractivity contribution in [3.63, 3.8) is 0 Å². The Balaban J connectivity index is 2.06. The highest BCUT2D eigenvalue weighted by Crippen LogP contribution is 2.38. The Morgan fingerprint density at radius 3 is 2.72 bits per heavy atom. The minimum Gasteiger partial charge on any atom is -0.361 e. The van der Waals surface area contributed by atoms with Gasteiger partial charge in [-0.1, -0.05) is 41.0 Å². The molecule has 0 aliphatic carbocycles. The molecular weight excluding hydrogens is 285 g/mol. The van der Waals surface area contributed by atoms with Crippen LogP contribution in [0.4, 0.5) is 0 Å². The van der Waals surface area contributed by atoms with Crippen LogP contribution in [0, 0.1) is 0 Å². The predicted octanol–water partition coefficient (Wildman–Crippen LogP) is 5.63. The number of benzene rings is 2. The van der Waals surface area contributed by atoms with Gasteiger partial charge in [0.25, 0.3) is 0 Å². The van der Waals surface area contributed by atoms with Gasteiger partial charge < -0.3 is 4.98 Å². The van der Waals surface area contributed by atoms with Crippen LogP contribution in [-0.4, -0.2) is 4.98 Å². The van der Waals surface area contributed by atoms with E-state index in [1.807, 2.05) is 24.4 Å². The summed E-state index contributed by atoms with van der Waals surface area (Å²) in [6.45, 7) is 0. The average Bonchev–Trinajstić information content (AvgIpc) is 2.83. The number of aromatic amines is 1. The summed E-state index contributed by atoms with van der Waals surface area (Å²) in [6, 6.07) is 13.7. The van der Waals surface area contributed by atoms with Crippen molar-refractivity contribution < 1.29 is 0 Å². The smallest absolute Gasteiger partial charge is 0.0546 e. The minimum atomic E-state index is 0.697. The quantitative estimate of drug-likeness (QED) is 0.648. The second-order valence-corrected chi connectivity index (χ2v) is 5.80. The number of fused-ring (bicyclic) bond motifs is 1. The second-order valence-electron chi connectivity index (χ2n) is 3.87. The molecule has 0 fully saturated rings. The third kappa shape index (κ3) is 2.24. The lowest BCUT2D eigenvalue weighted by molar-refractivity contribution is 1.43. The van der Waals surface area contributed by atoms with Crippen molar-refractivity contribution in [2.24, 2.45) is 0 Å². The molecule has 1 heterocycles. The number of H-pyrrole nitrogens is 1. The van der Waals surface area contributed by atoms with Gasteiger partial charge in [0, 0.05) is 31.9 Å². The molecular formula is C14H9Cl2NS. The monoisotopic (exact) mass is 293 g/mol. The molecule has 4 heteroatoms. The van der Waals surface area contributed by atoms with Gasteiger partial charge in [-0.15, -0.1) is 0 Å². The van der Waals surface area contributed by atoms with Crippen molar-refractivity contribution >= 4 is 45.9 Å². The lowest BCUT2D eigenvalue weighted by Gasteiger charge is -2.06. The van der Waals surface area contributed by atoms with E-state index < -0.39 is 0 Å². The summed E-state index contributed by atoms with van der Waals surface area (Å²) >= 11 is 13.8. The molecule has 2 aromatic carbocycles. The number of hydrogen-bond donors (Lipinski definition) is 1. The number of aromatic nitrogens is 1. The maximum absolute atomic E-state index is 6.18. The van der Waals surface area contributed by atoms with E-state index in [1.165, 1.54) is 5.39 Å². The standard InChI is InChI=1S/C14H9Cl2NS/c15-9-4-5-11(16)14(8-9)18-13-3-1-2-12-10(13)6-7-17-12/h1-8,17H. The van der Waals surface area contributed by atoms with Crippen LogP contribution < -0.4 is 0 Å². The van der Waals surface area contributed by atoms with Gasteiger partial charge in [-0.3, -0.25) is 0 Å². The maximum atomic E-state index is 6.18. The van der Waals surface area contributed by atoms with E-state index in [9.17, 15) is 0 Å². The van der Waals surface area contributed by atoms with Crippen LogP contribution in [0.25, 0.3) is 10.9 Å². The van der Waals surface area contributed by atoms with Gasteiger partial charge in [0.15, 0.2) is 0 Å². The fourth-order valence-corrected chi connectivity index (χ4v) is 3.31. The number of nitrogens with one attached hydrogen (secondary N) is 1. The fourth-order valence-electron chi connectivity index (χ4n) is 1.82. The molecule has 1 nitrogen and oxygen atoms in total. The molecule has 0 amide bonds. The van der Waals surface area contributed by atoms with E-state index in [2.05, 4.69) is 23.2 Å². The molecule has 0 saturated heterocycles. The van der Waals surface area contributed by atoms with Gasteiger partial charge in [0.2, 0.25) is 0 Å². The first-order valence-electron chi connectivity index (χ1n) is 5.43. The lowest BCUT2D eigenvalue weighted by Crippen LogP contribution is -1.78. The van der Waals surface area contributed by atoms with Crippen molar-refractivity contribution in [1.82, 2.24) is 4.98 Å². The van der Waals surface area contributed by atoms with E-state index in [-0.39, 0.29) is 0 Å². The van der Waals surface area contributed by atoms with Gasteiger partial charge >= 0.3 is 0 Å². The minimum absolute atomic E-state index is 0.697. The SMILES string of the molecule is Clc1ccc(Cl)c(Sc2cccc3[nH]ccc23)c1. The molecule has 3 rings (SSSR count). The van der Waals surface area contributed by atoms with Gasteiger partial charge in [0.1, 0.15) is 0 Å². The zero-order chi connectivity index (χ0) is 12.5. The molecule has 1 N–H and O–H groups in total. The Bertz CT molecular complexity index is 706. The Labute approximate surface area is 119 Å². The average molecular weight is 294 g/mol. The van der Waals surface area contributed by atoms with E-state index in [4.69, 9.17) is 23.2 Å². The summed E-state index contributed by atoms with van der Waals surface area (Å²) < 4.78 is 0. The van der Waals surface area contributed by atoms with Gasteiger partial charge in [-0.25, -0.2) is 0 Å². The van der Waals surface area contributed by atoms with E-state index in [0.29, 0.717) is 5.02 Å². The van der Waals surface area contributed by atoms with Crippen LogP contribution in [0.1, 0.15) is 0 Å². The Hall–Kier alpha value is -1.09. The first kappa shape index (κ1) is 12.0. The highest BCUT2D eigenvalue weighted by molar-refractivity contribution is 7.99. The van der Waals surface area contributed by atoms with Crippen molar-refractivity contribution in [1.29, 1.82) is 0 Å². The second kappa shape index (κ2) is 4.88. The summed E-state index contributed by atoms with van der Waals surface area (Å²) in [4.78, 5) is 5.33. The number of rotatable bonds is 2. The van der Waals surface area contributed by atoms with Crippen LogP contribution in [0.3, 0.4) is 0 Å². The Morgan fingerprint density at radius 2 is 1.83 bits per heavy atom. The summed E-state index contributed by atoms with van der Waals surface area (Å²) in [5.74, 6) is 0. The van der Waals surface area contributed by atoms with Gasteiger partial charge in [0.05, 0.1) is 5.02 Å². The van der Waals surface area contributed by atoms with Gasteiger partial charge in [-0.2, -0.15) is 0 Å². The summed E-state index contributed by atoms with van der Waals surface area (Å²) in [7, 11) is 0. The number of halogens is 2. The first-order chi connectivity index (χ1) is 8.74. The molecule has 0 aliphatic rings. The van der Waals surface area contributed by atoms with Crippen LogP contribution >= 0.6 is 35.0 Å². The highest BCUT2D eigenvalue weighted by Gasteiger charge is 2.07. The largest absolute Gasteiger partial charge is 0.361 e. The molecule has 0 bridgehead atoms. The van der Waals surface area contributed by atoms with Gasteiger partial charge in [-0.05, 0) is 36.4 Å². The Morgan fingerprint density at radius 1 is 0.944 bits per heavy atom. The molecule has 1 aromatic heterocycles. The molecule has 0 aliphatic heterocycles. The van der Waals surface area contributed by atoms with Crippen molar-refractivity contribution in [3.8, 4) is 0 Å². The first-order valence-corrected chi connectivity index (χ1v) is 7.00. The summed E-state index contributed by atoms with van der Waals surface area (Å²) in [5, 5.41) is 2.61. The summed E-state index contributed by atoms with van der Waals surface area (Å²) in [5.41, 5.74) is 1.12. The molecule has 0 atom stereocenters. The third-order valence-corrected chi connectivity index (χ3v) is 4.48. The van der Waals surface area contributed by atoms with E-state index >= 15 is 0 Å². The molecule has 0 spiro atoms. The molecule has 3 aromatic rings. The molecule has 0 radical (unpaired) electrons. The lowest BCUT2D eigenvalue weighted by atomic mass is 10.2. The predicted molar refractivity (Wildman–Crippen MR) is 78.9 cm³/mol. The fraction of sp³-hybridized carbons (Fsp3) is 0. The highest BCUT2D eigenvalue weighted by atomic mass is 35.5. The van der Waals surface area contributed by atoms with Crippen molar-refractivity contribution in [2.75, 3.05) is 0 Å². The van der Waals surface area contributed by atoms with Crippen molar-refractivity contribution in [2.45, 2.75) is 9.79 Å². The maximum Gasteiger partial charge on any atom is 0.0546 e. The van der Waals surface area contributed by atoms with Crippen molar-refractivity contribution in [3.05, 3.63) is 58.7 Å². The molecule has 90 valence electrons. The van der Waals surface area contributed by atoms with Crippen LogP contribution in [0.2, 0.25) is 10.0 Å². The number of hydrogen-bond acceptors (Lipinski definition) is 1. The topological polar surface area (TPSA) is 15.8 Å². The van der Waals surface area contributed by atoms with Crippen LogP contribution in [0.5, 0.6) is 0 Å². The van der Waals surface area contributed by atoms with Crippen LogP contribution in [0.15, 0.2) is 58.5 Å². The van der Waals surface area contributed by atoms with E-state index in [1.54, 1.807) is 17.8 Å².